The van der Waals surface area contributed by atoms with Crippen LogP contribution < -0.4 is 0 Å². The first-order valence-corrected chi connectivity index (χ1v) is 8.42. The van der Waals surface area contributed by atoms with Crippen molar-refractivity contribution in [1.82, 2.24) is 19.9 Å². The van der Waals surface area contributed by atoms with Gasteiger partial charge in [0.15, 0.2) is 0 Å². The van der Waals surface area contributed by atoms with Gasteiger partial charge in [0.2, 0.25) is 5.91 Å². The molecule has 2 aromatic rings. The van der Waals surface area contributed by atoms with Crippen LogP contribution >= 0.6 is 0 Å². The zero-order valence-corrected chi connectivity index (χ0v) is 13.7. The Hall–Kier alpha value is -2.17. The van der Waals surface area contributed by atoms with E-state index in [0.29, 0.717) is 12.5 Å². The monoisotopic (exact) mass is 310 g/mol. The predicted molar refractivity (Wildman–Crippen MR) is 87.7 cm³/mol. The highest BCUT2D eigenvalue weighted by molar-refractivity contribution is 5.75. The molecule has 120 valence electrons. The summed E-state index contributed by atoms with van der Waals surface area (Å²) in [7, 11) is 1.96. The van der Waals surface area contributed by atoms with E-state index >= 15 is 0 Å². The topological polar surface area (TPSA) is 51.0 Å². The highest BCUT2D eigenvalue weighted by Crippen LogP contribution is 2.42. The SMILES string of the molecule is CC(=O)N1Cc2ccccc2-c2c(nnn2C)C2CCCCC21. The van der Waals surface area contributed by atoms with E-state index in [9.17, 15) is 4.79 Å². The summed E-state index contributed by atoms with van der Waals surface area (Å²) in [5, 5.41) is 8.81. The van der Waals surface area contributed by atoms with Gasteiger partial charge in [-0.15, -0.1) is 5.10 Å². The number of hydrogen-bond acceptors (Lipinski definition) is 3. The van der Waals surface area contributed by atoms with Gasteiger partial charge in [-0.25, -0.2) is 4.68 Å². The zero-order chi connectivity index (χ0) is 16.0. The Morgan fingerprint density at radius 3 is 2.83 bits per heavy atom. The van der Waals surface area contributed by atoms with Crippen LogP contribution in [0.1, 0.15) is 49.8 Å². The summed E-state index contributed by atoms with van der Waals surface area (Å²) in [5.41, 5.74) is 4.53. The second-order valence-electron chi connectivity index (χ2n) is 6.71. The first kappa shape index (κ1) is 14.4. The minimum Gasteiger partial charge on any atom is -0.335 e. The van der Waals surface area contributed by atoms with Gasteiger partial charge < -0.3 is 4.90 Å². The van der Waals surface area contributed by atoms with Crippen LogP contribution in [-0.4, -0.2) is 31.8 Å². The van der Waals surface area contributed by atoms with E-state index in [4.69, 9.17) is 0 Å². The number of aryl methyl sites for hydroxylation is 1. The number of benzene rings is 1. The molecular formula is C18H22N4O. The zero-order valence-electron chi connectivity index (χ0n) is 13.7. The molecule has 5 nitrogen and oxygen atoms in total. The molecular weight excluding hydrogens is 288 g/mol. The summed E-state index contributed by atoms with van der Waals surface area (Å²) < 4.78 is 1.89. The van der Waals surface area contributed by atoms with Gasteiger partial charge >= 0.3 is 0 Å². The van der Waals surface area contributed by atoms with Crippen molar-refractivity contribution in [1.29, 1.82) is 0 Å². The van der Waals surface area contributed by atoms with Crippen molar-refractivity contribution < 1.29 is 4.79 Å². The number of nitrogens with zero attached hydrogens (tertiary/aromatic N) is 4. The van der Waals surface area contributed by atoms with Crippen LogP contribution in [0.4, 0.5) is 0 Å². The molecule has 2 atom stereocenters. The maximum atomic E-state index is 12.3. The molecule has 1 aliphatic carbocycles. The van der Waals surface area contributed by atoms with Gasteiger partial charge in [0.1, 0.15) is 0 Å². The fourth-order valence-electron chi connectivity index (χ4n) is 4.27. The Morgan fingerprint density at radius 1 is 1.22 bits per heavy atom. The molecule has 1 saturated carbocycles. The van der Waals surface area contributed by atoms with Crippen molar-refractivity contribution in [2.45, 2.75) is 51.1 Å². The Balaban J connectivity index is 1.95. The molecule has 1 aromatic heterocycles. The summed E-state index contributed by atoms with van der Waals surface area (Å²) in [6.07, 6.45) is 4.53. The third kappa shape index (κ3) is 2.26. The van der Waals surface area contributed by atoms with Crippen molar-refractivity contribution in [3.05, 3.63) is 35.5 Å². The van der Waals surface area contributed by atoms with Gasteiger partial charge in [-0.3, -0.25) is 4.79 Å². The van der Waals surface area contributed by atoms with Crippen LogP contribution in [-0.2, 0) is 18.4 Å². The molecule has 0 N–H and O–H groups in total. The lowest BCUT2D eigenvalue weighted by Gasteiger charge is -2.41. The first-order valence-electron chi connectivity index (χ1n) is 8.42. The van der Waals surface area contributed by atoms with Crippen molar-refractivity contribution in [3.63, 3.8) is 0 Å². The molecule has 2 unspecified atom stereocenters. The molecule has 1 aromatic carbocycles. The summed E-state index contributed by atoms with van der Waals surface area (Å²) in [5.74, 6) is 0.453. The lowest BCUT2D eigenvalue weighted by atomic mass is 9.78. The number of hydrogen-bond donors (Lipinski definition) is 0. The van der Waals surface area contributed by atoms with Gasteiger partial charge in [-0.05, 0) is 18.4 Å². The van der Waals surface area contributed by atoms with Crippen molar-refractivity contribution in [2.75, 3.05) is 0 Å². The fourth-order valence-corrected chi connectivity index (χ4v) is 4.27. The fraction of sp³-hybridized carbons (Fsp3) is 0.500. The van der Waals surface area contributed by atoms with E-state index in [1.54, 1.807) is 6.92 Å². The molecule has 2 aliphatic rings. The van der Waals surface area contributed by atoms with Gasteiger partial charge in [-0.1, -0.05) is 42.3 Å². The lowest BCUT2D eigenvalue weighted by Crippen LogP contribution is -2.44. The van der Waals surface area contributed by atoms with E-state index in [0.717, 1.165) is 29.8 Å². The molecule has 23 heavy (non-hydrogen) atoms. The van der Waals surface area contributed by atoms with Crippen molar-refractivity contribution in [3.8, 4) is 11.3 Å². The number of aromatic nitrogens is 3. The average Bonchev–Trinajstić information content (AvgIpc) is 2.92. The number of rotatable bonds is 0. The largest absolute Gasteiger partial charge is 0.335 e. The van der Waals surface area contributed by atoms with Crippen LogP contribution in [0.2, 0.25) is 0 Å². The summed E-state index contributed by atoms with van der Waals surface area (Å²) >= 11 is 0. The number of carbonyl (C=O) groups is 1. The van der Waals surface area contributed by atoms with E-state index in [1.807, 2.05) is 23.9 Å². The Bertz CT molecular complexity index is 751. The second-order valence-corrected chi connectivity index (χ2v) is 6.71. The molecule has 1 aliphatic heterocycles. The predicted octanol–water partition coefficient (Wildman–Crippen LogP) is 2.87. The summed E-state index contributed by atoms with van der Waals surface area (Å²) in [6, 6.07) is 8.57. The van der Waals surface area contributed by atoms with Gasteiger partial charge in [-0.2, -0.15) is 0 Å². The van der Waals surface area contributed by atoms with Crippen molar-refractivity contribution in [2.24, 2.45) is 7.05 Å². The molecule has 0 spiro atoms. The van der Waals surface area contributed by atoms with Crippen LogP contribution in [0.25, 0.3) is 11.3 Å². The van der Waals surface area contributed by atoms with E-state index in [2.05, 4.69) is 27.3 Å². The van der Waals surface area contributed by atoms with Crippen LogP contribution in [0.3, 0.4) is 0 Å². The van der Waals surface area contributed by atoms with Crippen LogP contribution in [0, 0.1) is 0 Å². The Labute approximate surface area is 136 Å². The minimum atomic E-state index is 0.157. The molecule has 0 bridgehead atoms. The Morgan fingerprint density at radius 2 is 2.00 bits per heavy atom. The molecule has 1 fully saturated rings. The van der Waals surface area contributed by atoms with Gasteiger partial charge in [0.25, 0.3) is 0 Å². The van der Waals surface area contributed by atoms with E-state index in [1.165, 1.54) is 18.4 Å². The molecule has 0 saturated heterocycles. The highest BCUT2D eigenvalue weighted by Gasteiger charge is 2.38. The smallest absolute Gasteiger partial charge is 0.220 e. The number of carbonyl (C=O) groups excluding carboxylic acids is 1. The van der Waals surface area contributed by atoms with Gasteiger partial charge in [0, 0.05) is 38.0 Å². The maximum absolute atomic E-state index is 12.3. The quantitative estimate of drug-likeness (QED) is 0.752. The highest BCUT2D eigenvalue weighted by atomic mass is 16.2. The lowest BCUT2D eigenvalue weighted by molar-refractivity contribution is -0.133. The van der Waals surface area contributed by atoms with E-state index < -0.39 is 0 Å². The molecule has 1 amide bonds. The van der Waals surface area contributed by atoms with E-state index in [-0.39, 0.29) is 11.9 Å². The summed E-state index contributed by atoms with van der Waals surface area (Å²) in [4.78, 5) is 14.4. The third-order valence-corrected chi connectivity index (χ3v) is 5.35. The first-order chi connectivity index (χ1) is 11.2. The standard InChI is InChI=1S/C18H22N4O/c1-12(23)22-11-13-7-3-4-8-14(13)18-17(19-20-21(18)2)15-9-5-6-10-16(15)22/h3-4,7-8,15-16H,5-6,9-11H2,1-2H3. The molecule has 5 heteroatoms. The molecule has 2 heterocycles. The van der Waals surface area contributed by atoms with Crippen molar-refractivity contribution >= 4 is 5.91 Å². The van der Waals surface area contributed by atoms with Gasteiger partial charge in [0.05, 0.1) is 11.4 Å². The van der Waals surface area contributed by atoms with Crippen LogP contribution in [0.15, 0.2) is 24.3 Å². The van der Waals surface area contributed by atoms with Crippen LogP contribution in [0.5, 0.6) is 0 Å². The third-order valence-electron chi connectivity index (χ3n) is 5.35. The summed E-state index contributed by atoms with van der Waals surface area (Å²) in [6.45, 7) is 2.37. The maximum Gasteiger partial charge on any atom is 0.220 e. The molecule has 4 rings (SSSR count). The minimum absolute atomic E-state index is 0.157. The average molecular weight is 310 g/mol. The number of amides is 1. The molecule has 0 radical (unpaired) electrons. The number of fused-ring (bicyclic) bond motifs is 5. The second kappa shape index (κ2) is 5.48. The Kier molecular flexibility index (Phi) is 3.43. The normalized spacial score (nSPS) is 23.3.